The maximum Gasteiger partial charge on any atom is 0.361 e. The Hall–Kier alpha value is -2.49. The van der Waals surface area contributed by atoms with E-state index in [4.69, 9.17) is 18.9 Å². The van der Waals surface area contributed by atoms with Gasteiger partial charge in [-0.25, -0.2) is 4.79 Å². The molecule has 0 aromatic rings. The third kappa shape index (κ3) is 84.8. The summed E-state index contributed by atoms with van der Waals surface area (Å²) >= 11 is 0. The van der Waals surface area contributed by atoms with E-state index in [0.717, 1.165) is 51.4 Å². The zero-order valence-electron chi connectivity index (χ0n) is 69.3. The second-order valence-corrected chi connectivity index (χ2v) is 32.6. The molecule has 0 aliphatic rings. The zero-order chi connectivity index (χ0) is 73.9. The minimum absolute atomic E-state index is 0.174. The summed E-state index contributed by atoms with van der Waals surface area (Å²) in [5, 5.41) is 9.80. The van der Waals surface area contributed by atoms with Crippen molar-refractivity contribution in [2.24, 2.45) is 0 Å². The van der Waals surface area contributed by atoms with Gasteiger partial charge < -0.3 is 28.5 Å². The molecule has 0 aliphatic heterocycles. The van der Waals surface area contributed by atoms with Gasteiger partial charge in [0, 0.05) is 12.8 Å². The van der Waals surface area contributed by atoms with Crippen LogP contribution in [0.5, 0.6) is 0 Å². The van der Waals surface area contributed by atoms with Crippen LogP contribution < -0.4 is 0 Å². The van der Waals surface area contributed by atoms with Crippen molar-refractivity contribution in [3.8, 4) is 0 Å². The van der Waals surface area contributed by atoms with Crippen LogP contribution in [0.1, 0.15) is 483 Å². The molecular weight excluding hydrogens is 1260 g/mol. The summed E-state index contributed by atoms with van der Waals surface area (Å²) in [6.45, 7) is 4.96. The second kappa shape index (κ2) is 84.1. The third-order valence-electron chi connectivity index (χ3n) is 21.1. The highest BCUT2D eigenvalue weighted by Crippen LogP contribution is 2.21. The fraction of sp³-hybridized carbons (Fsp3) is 0.903. The van der Waals surface area contributed by atoms with Crippen molar-refractivity contribution in [2.75, 3.05) is 47.5 Å². The fourth-order valence-corrected chi connectivity index (χ4v) is 14.2. The van der Waals surface area contributed by atoms with E-state index in [1.807, 2.05) is 21.1 Å². The minimum atomic E-state index is -1.51. The first kappa shape index (κ1) is 99.5. The number of hydrogen-bond acceptors (Lipinski definition) is 7. The van der Waals surface area contributed by atoms with Crippen molar-refractivity contribution in [2.45, 2.75) is 495 Å². The van der Waals surface area contributed by atoms with Gasteiger partial charge in [-0.3, -0.25) is 9.59 Å². The van der Waals surface area contributed by atoms with Gasteiger partial charge in [-0.05, 0) is 51.4 Å². The monoisotopic (exact) mass is 1440 g/mol. The molecule has 0 aromatic carbocycles. The van der Waals surface area contributed by atoms with Gasteiger partial charge in [-0.1, -0.05) is 455 Å². The number of carboxylic acids is 1. The summed E-state index contributed by atoms with van der Waals surface area (Å²) in [4.78, 5) is 37.8. The maximum absolute atomic E-state index is 13.0. The number of likely N-dealkylation sites (N-methyl/N-ethyl adjacent to an activating group) is 1. The van der Waals surface area contributed by atoms with Crippen LogP contribution in [-0.2, 0) is 33.3 Å². The number of unbranched alkanes of at least 4 members (excludes halogenated alkanes) is 66. The Labute approximate surface area is 636 Å². The molecule has 0 aliphatic carbocycles. The summed E-state index contributed by atoms with van der Waals surface area (Å²) in [5.74, 6) is -1.96. The molecule has 602 valence electrons. The highest BCUT2D eigenvalue weighted by molar-refractivity contribution is 5.71. The molecule has 9 nitrogen and oxygen atoms in total. The third-order valence-corrected chi connectivity index (χ3v) is 21.1. The highest BCUT2D eigenvalue weighted by Gasteiger charge is 2.25. The summed E-state index contributed by atoms with van der Waals surface area (Å²) < 4.78 is 23.1. The lowest BCUT2D eigenvalue weighted by Gasteiger charge is -2.25. The van der Waals surface area contributed by atoms with Crippen molar-refractivity contribution in [1.82, 2.24) is 0 Å². The molecule has 0 saturated carbocycles. The van der Waals surface area contributed by atoms with Crippen molar-refractivity contribution in [1.29, 1.82) is 0 Å². The van der Waals surface area contributed by atoms with E-state index >= 15 is 0 Å². The summed E-state index contributed by atoms with van der Waals surface area (Å²) in [7, 11) is 6.01. The number of hydrogen-bond donors (Lipinski definition) is 1. The normalized spacial score (nSPS) is 12.7. The van der Waals surface area contributed by atoms with Crippen LogP contribution in [0.25, 0.3) is 0 Å². The Balaban J connectivity index is 3.88. The summed E-state index contributed by atoms with van der Waals surface area (Å²) in [5.41, 5.74) is 0. The first-order chi connectivity index (χ1) is 50.1. The van der Waals surface area contributed by atoms with E-state index in [1.165, 1.54) is 405 Å². The van der Waals surface area contributed by atoms with Gasteiger partial charge in [-0.15, -0.1) is 0 Å². The number of carbonyl (C=O) groups excluding carboxylic acids is 2. The first-order valence-electron chi connectivity index (χ1n) is 45.7. The summed E-state index contributed by atoms with van der Waals surface area (Å²) in [6, 6.07) is 0. The predicted molar refractivity (Wildman–Crippen MR) is 443 cm³/mol. The topological polar surface area (TPSA) is 108 Å². The molecule has 0 amide bonds. The number of carboxylic acid groups (broad SMARTS) is 1. The summed E-state index contributed by atoms with van der Waals surface area (Å²) in [6.07, 6.45) is 108. The molecule has 102 heavy (non-hydrogen) atoms. The largest absolute Gasteiger partial charge is 0.477 e. The molecule has 0 heterocycles. The average Bonchev–Trinajstić information content (AvgIpc) is 0.999. The number of aliphatic carboxylic acids is 1. The van der Waals surface area contributed by atoms with Crippen LogP contribution in [0.2, 0.25) is 0 Å². The van der Waals surface area contributed by atoms with Crippen LogP contribution in [0, 0.1) is 0 Å². The molecule has 2 atom stereocenters. The molecule has 2 unspecified atom stereocenters. The van der Waals surface area contributed by atoms with Crippen molar-refractivity contribution in [3.63, 3.8) is 0 Å². The molecule has 0 aromatic heterocycles. The van der Waals surface area contributed by atoms with Crippen LogP contribution in [0.15, 0.2) is 36.5 Å². The molecule has 0 saturated heterocycles. The van der Waals surface area contributed by atoms with E-state index in [-0.39, 0.29) is 38.2 Å². The van der Waals surface area contributed by atoms with Crippen LogP contribution in [0.3, 0.4) is 0 Å². The predicted octanol–water partition coefficient (Wildman–Crippen LogP) is 29.8. The van der Waals surface area contributed by atoms with Gasteiger partial charge in [0.25, 0.3) is 6.29 Å². The Kier molecular flexibility index (Phi) is 82.1. The van der Waals surface area contributed by atoms with E-state index in [1.54, 1.807) is 0 Å². The number of esters is 2. The van der Waals surface area contributed by atoms with Crippen LogP contribution >= 0.6 is 0 Å². The van der Waals surface area contributed by atoms with Gasteiger partial charge in [0.1, 0.15) is 13.2 Å². The van der Waals surface area contributed by atoms with Gasteiger partial charge in [0.2, 0.25) is 0 Å². The number of ether oxygens (including phenoxy) is 4. The minimum Gasteiger partial charge on any atom is -0.477 e. The zero-order valence-corrected chi connectivity index (χ0v) is 69.3. The van der Waals surface area contributed by atoms with Crippen molar-refractivity contribution < 1.29 is 42.9 Å². The number of carbonyl (C=O) groups is 3. The molecular formula is C93H178NO8+. The smallest absolute Gasteiger partial charge is 0.361 e. The number of quaternary nitrogens is 1. The van der Waals surface area contributed by atoms with Crippen LogP contribution in [0.4, 0.5) is 0 Å². The lowest BCUT2D eigenvalue weighted by Crippen LogP contribution is -2.40. The maximum atomic E-state index is 13.0. The van der Waals surface area contributed by atoms with Crippen LogP contribution in [-0.4, -0.2) is 87.4 Å². The molecule has 0 fully saturated rings. The average molecular weight is 1440 g/mol. The van der Waals surface area contributed by atoms with Crippen molar-refractivity contribution >= 4 is 17.9 Å². The molecule has 1 N–H and O–H groups in total. The van der Waals surface area contributed by atoms with E-state index < -0.39 is 18.4 Å². The quantitative estimate of drug-likeness (QED) is 0.0211. The Bertz CT molecular complexity index is 1770. The molecule has 0 radical (unpaired) electrons. The van der Waals surface area contributed by atoms with E-state index in [2.05, 4.69) is 50.3 Å². The standard InChI is InChI=1S/C93H177NO8/c1-6-8-10-12-14-16-18-20-22-24-26-28-30-32-34-36-38-40-42-44-45-46-47-48-50-52-54-56-58-60-62-64-66-68-70-72-74-76-78-80-82-84-91(96)102-89(88-101-93(92(97)98)99-86-85-94(3,4)5)87-100-90(95)83-81-79-77-75-73-71-69-67-65-63-61-59-57-55-53-51-49-43-41-39-37-35-33-31-29-27-25-23-21-19-17-15-13-11-9-7-2/h18,20,24,26,30,32,89,93H,6-17,19,21-23,25,27-29,31,33-88H2,1-5H3/p+1/b20-18-,26-24-,32-30-. The van der Waals surface area contributed by atoms with E-state index in [0.29, 0.717) is 17.4 Å². The Morgan fingerprint density at radius 1 is 0.294 bits per heavy atom. The molecule has 9 heteroatoms. The fourth-order valence-electron chi connectivity index (χ4n) is 14.2. The highest BCUT2D eigenvalue weighted by atomic mass is 16.7. The number of rotatable bonds is 87. The second-order valence-electron chi connectivity index (χ2n) is 32.6. The van der Waals surface area contributed by atoms with Gasteiger partial charge >= 0.3 is 17.9 Å². The Morgan fingerprint density at radius 3 is 0.784 bits per heavy atom. The van der Waals surface area contributed by atoms with Gasteiger partial charge in [0.05, 0.1) is 34.4 Å². The van der Waals surface area contributed by atoms with Gasteiger partial charge in [0.15, 0.2) is 6.10 Å². The number of nitrogens with zero attached hydrogens (tertiary/aromatic N) is 1. The first-order valence-corrected chi connectivity index (χ1v) is 45.7. The molecule has 0 rings (SSSR count). The number of allylic oxidation sites excluding steroid dienone is 6. The lowest BCUT2D eigenvalue weighted by molar-refractivity contribution is -0.870. The lowest BCUT2D eigenvalue weighted by atomic mass is 10.0. The molecule has 0 bridgehead atoms. The van der Waals surface area contributed by atoms with Gasteiger partial charge in [-0.2, -0.15) is 0 Å². The molecule has 0 spiro atoms. The SMILES string of the molecule is CCCCCCC/C=C\C/C=C\C/C=C\CCCCCCCCCCCCCCCCCCCCCCCCCCCCC(=O)OC(COC(=O)CCCCCCCCCCCCCCCCCCCCCCCCCCCCCCCCCCCCCC)COC(OCC[N+](C)(C)C)C(=O)O. The van der Waals surface area contributed by atoms with Crippen molar-refractivity contribution in [3.05, 3.63) is 36.5 Å². The Morgan fingerprint density at radius 2 is 0.529 bits per heavy atom. The van der Waals surface area contributed by atoms with E-state index in [9.17, 15) is 19.5 Å².